The van der Waals surface area contributed by atoms with Crippen LogP contribution in [0, 0.1) is 0 Å². The Morgan fingerprint density at radius 2 is 1.97 bits per heavy atom. The highest BCUT2D eigenvalue weighted by Gasteiger charge is 2.27. The molecule has 1 saturated carbocycles. The fraction of sp³-hybridized carbons (Fsp3) is 0.316. The van der Waals surface area contributed by atoms with Gasteiger partial charge in [0.15, 0.2) is 5.82 Å². The zero-order chi connectivity index (χ0) is 22.2. The second-order valence-electron chi connectivity index (χ2n) is 7.28. The third-order valence-corrected chi connectivity index (χ3v) is 5.52. The van der Waals surface area contributed by atoms with Crippen molar-refractivity contribution >= 4 is 50.6 Å². The molecule has 1 aromatic carbocycles. The molecule has 3 N–H and O–H groups in total. The fourth-order valence-electron chi connectivity index (χ4n) is 2.99. The average Bonchev–Trinajstić information content (AvgIpc) is 3.49. The maximum absolute atomic E-state index is 11.8. The van der Waals surface area contributed by atoms with E-state index in [1.807, 2.05) is 13.1 Å². The molecule has 164 valence electrons. The number of hydrogen-bond donors (Lipinski definition) is 3. The van der Waals surface area contributed by atoms with E-state index in [-0.39, 0.29) is 5.02 Å². The van der Waals surface area contributed by atoms with Gasteiger partial charge in [0, 0.05) is 25.1 Å². The number of nitrogens with zero attached hydrogens (tertiary/aromatic N) is 4. The first kappa shape index (κ1) is 21.2. The molecule has 12 heteroatoms. The van der Waals surface area contributed by atoms with Gasteiger partial charge in [-0.3, -0.25) is 9.40 Å². The molecule has 2 aromatic heterocycles. The Morgan fingerprint density at radius 1 is 1.19 bits per heavy atom. The average molecular weight is 464 g/mol. The molecule has 1 aliphatic carbocycles. The van der Waals surface area contributed by atoms with Gasteiger partial charge in [-0.05, 0) is 25.0 Å². The lowest BCUT2D eigenvalue weighted by Gasteiger charge is -2.15. The molecule has 0 aliphatic heterocycles. The van der Waals surface area contributed by atoms with Crippen LogP contribution in [0.2, 0.25) is 5.02 Å². The van der Waals surface area contributed by atoms with Gasteiger partial charge in [0.05, 0.1) is 36.6 Å². The Hall–Kier alpha value is -3.05. The van der Waals surface area contributed by atoms with Crippen LogP contribution >= 0.6 is 11.6 Å². The summed E-state index contributed by atoms with van der Waals surface area (Å²) in [5, 5.41) is 11.0. The first-order valence-electron chi connectivity index (χ1n) is 9.48. The van der Waals surface area contributed by atoms with Gasteiger partial charge in [-0.25, -0.2) is 13.4 Å². The minimum absolute atomic E-state index is 0.273. The molecule has 4 rings (SSSR count). The molecule has 0 amide bonds. The Bertz CT molecular complexity index is 1230. The second-order valence-corrected chi connectivity index (χ2v) is 9.43. The highest BCUT2D eigenvalue weighted by molar-refractivity contribution is 7.92. The van der Waals surface area contributed by atoms with E-state index in [1.54, 1.807) is 22.9 Å². The van der Waals surface area contributed by atoms with Crippen molar-refractivity contribution in [2.45, 2.75) is 18.8 Å². The quantitative estimate of drug-likeness (QED) is 0.463. The van der Waals surface area contributed by atoms with Crippen molar-refractivity contribution in [3.05, 3.63) is 41.2 Å². The van der Waals surface area contributed by atoms with Crippen LogP contribution in [0.5, 0.6) is 5.75 Å². The van der Waals surface area contributed by atoms with Gasteiger partial charge >= 0.3 is 0 Å². The lowest BCUT2D eigenvalue weighted by Crippen LogP contribution is -2.12. The number of sulfonamides is 1. The van der Waals surface area contributed by atoms with Crippen molar-refractivity contribution in [3.63, 3.8) is 0 Å². The van der Waals surface area contributed by atoms with E-state index in [1.165, 1.54) is 13.3 Å². The van der Waals surface area contributed by atoms with E-state index >= 15 is 0 Å². The lowest BCUT2D eigenvalue weighted by molar-refractivity contribution is 0.415. The van der Waals surface area contributed by atoms with Gasteiger partial charge in [-0.2, -0.15) is 10.1 Å². The molecule has 0 bridgehead atoms. The summed E-state index contributed by atoms with van der Waals surface area (Å²) in [6, 6.07) is 6.91. The molecule has 1 aliphatic rings. The molecule has 2 heterocycles. The van der Waals surface area contributed by atoms with Crippen molar-refractivity contribution in [1.29, 1.82) is 0 Å². The maximum Gasteiger partial charge on any atom is 0.230 e. The highest BCUT2D eigenvalue weighted by Crippen LogP contribution is 2.40. The molecule has 0 spiro atoms. The van der Waals surface area contributed by atoms with Crippen LogP contribution in [0.1, 0.15) is 24.5 Å². The van der Waals surface area contributed by atoms with Crippen LogP contribution in [0.3, 0.4) is 0 Å². The van der Waals surface area contributed by atoms with Crippen molar-refractivity contribution in [2.75, 3.05) is 28.7 Å². The smallest absolute Gasteiger partial charge is 0.230 e. The number of aryl methyl sites for hydroxylation is 1. The third-order valence-electron chi connectivity index (χ3n) is 4.65. The molecular weight excluding hydrogens is 442 g/mol. The maximum atomic E-state index is 11.8. The third kappa shape index (κ3) is 5.17. The number of rotatable bonds is 8. The van der Waals surface area contributed by atoms with Crippen molar-refractivity contribution in [3.8, 4) is 5.75 Å². The number of halogens is 1. The monoisotopic (exact) mass is 463 g/mol. The zero-order valence-corrected chi connectivity index (χ0v) is 18.8. The van der Waals surface area contributed by atoms with E-state index < -0.39 is 10.0 Å². The Labute approximate surface area is 185 Å². The van der Waals surface area contributed by atoms with Gasteiger partial charge in [0.25, 0.3) is 0 Å². The molecular formula is C19H22ClN7O3S. The lowest BCUT2D eigenvalue weighted by atomic mass is 10.2. The van der Waals surface area contributed by atoms with Crippen LogP contribution in [-0.4, -0.2) is 41.5 Å². The zero-order valence-electron chi connectivity index (χ0n) is 17.2. The number of ether oxygens (including phenoxy) is 1. The van der Waals surface area contributed by atoms with Crippen molar-refractivity contribution < 1.29 is 13.2 Å². The Morgan fingerprint density at radius 3 is 2.65 bits per heavy atom. The molecule has 0 radical (unpaired) electrons. The minimum atomic E-state index is -3.51. The van der Waals surface area contributed by atoms with E-state index in [9.17, 15) is 8.42 Å². The van der Waals surface area contributed by atoms with Crippen LogP contribution in [0.25, 0.3) is 0 Å². The molecule has 10 nitrogen and oxygen atoms in total. The second kappa shape index (κ2) is 8.23. The fourth-order valence-corrected chi connectivity index (χ4v) is 3.69. The topological polar surface area (TPSA) is 123 Å². The first-order valence-corrected chi connectivity index (χ1v) is 11.7. The number of methoxy groups -OCH3 is 1. The summed E-state index contributed by atoms with van der Waals surface area (Å²) in [6.07, 6.45) is 4.85. The normalized spacial score (nSPS) is 13.7. The summed E-state index contributed by atoms with van der Waals surface area (Å²) in [4.78, 5) is 8.67. The number of aromatic nitrogens is 4. The van der Waals surface area contributed by atoms with Gasteiger partial charge in [0.2, 0.25) is 16.0 Å². The first-order chi connectivity index (χ1) is 14.7. The molecule has 0 atom stereocenters. The molecule has 0 unspecified atom stereocenters. The minimum Gasteiger partial charge on any atom is -0.497 e. The summed E-state index contributed by atoms with van der Waals surface area (Å²) in [5.41, 5.74) is 1.80. The molecule has 0 saturated heterocycles. The van der Waals surface area contributed by atoms with Crippen LogP contribution in [-0.2, 0) is 17.1 Å². The predicted molar refractivity (Wildman–Crippen MR) is 120 cm³/mol. The van der Waals surface area contributed by atoms with Crippen LogP contribution in [0.4, 0.5) is 29.0 Å². The molecule has 3 aromatic rings. The summed E-state index contributed by atoms with van der Waals surface area (Å²) in [7, 11) is -0.164. The number of anilines is 5. The van der Waals surface area contributed by atoms with Gasteiger partial charge in [-0.15, -0.1) is 0 Å². The molecule has 1 fully saturated rings. The standard InChI is InChI=1S/C19H22ClN7O3S/c1-27-17(9-15(25-27)11-4-5-11)23-19-21-10-13(20)18(24-19)22-14-7-6-12(30-2)8-16(14)26-31(3,28)29/h6-11,26H,4-5H2,1-3H3,(H2,21,22,23,24). The summed E-state index contributed by atoms with van der Waals surface area (Å²) in [6.45, 7) is 0. The van der Waals surface area contributed by atoms with E-state index in [0.717, 1.165) is 30.6 Å². The summed E-state index contributed by atoms with van der Waals surface area (Å²) in [5.74, 6) is 2.42. The van der Waals surface area contributed by atoms with Gasteiger partial charge < -0.3 is 15.4 Å². The van der Waals surface area contributed by atoms with E-state index in [0.29, 0.717) is 34.8 Å². The Balaban J connectivity index is 1.60. The largest absolute Gasteiger partial charge is 0.497 e. The van der Waals surface area contributed by atoms with E-state index in [2.05, 4.69) is 30.4 Å². The molecule has 31 heavy (non-hydrogen) atoms. The summed E-state index contributed by atoms with van der Waals surface area (Å²) >= 11 is 6.28. The number of benzene rings is 1. The SMILES string of the molecule is COc1ccc(Nc2nc(Nc3cc(C4CC4)nn3C)ncc2Cl)c(NS(C)(=O)=O)c1. The predicted octanol–water partition coefficient (Wildman–Crippen LogP) is 3.61. The van der Waals surface area contributed by atoms with Crippen molar-refractivity contribution in [1.82, 2.24) is 19.7 Å². The van der Waals surface area contributed by atoms with Crippen LogP contribution < -0.4 is 20.1 Å². The summed E-state index contributed by atoms with van der Waals surface area (Å²) < 4.78 is 32.9. The number of nitrogens with one attached hydrogen (secondary N) is 3. The van der Waals surface area contributed by atoms with E-state index in [4.69, 9.17) is 16.3 Å². The van der Waals surface area contributed by atoms with Crippen molar-refractivity contribution in [2.24, 2.45) is 7.05 Å². The van der Waals surface area contributed by atoms with Crippen LogP contribution in [0.15, 0.2) is 30.5 Å². The van der Waals surface area contributed by atoms with Gasteiger partial charge in [0.1, 0.15) is 16.6 Å². The Kier molecular flexibility index (Phi) is 5.63. The number of hydrogen-bond acceptors (Lipinski definition) is 8. The van der Waals surface area contributed by atoms with Gasteiger partial charge in [-0.1, -0.05) is 11.6 Å². The highest BCUT2D eigenvalue weighted by atomic mass is 35.5.